The van der Waals surface area contributed by atoms with Gasteiger partial charge < -0.3 is 14.2 Å². The Morgan fingerprint density at radius 2 is 1.92 bits per heavy atom. The van der Waals surface area contributed by atoms with Gasteiger partial charge in [0.15, 0.2) is 0 Å². The van der Waals surface area contributed by atoms with Gasteiger partial charge >= 0.3 is 10.1 Å². The van der Waals surface area contributed by atoms with E-state index in [1.165, 1.54) is 30.3 Å². The van der Waals surface area contributed by atoms with Crippen molar-refractivity contribution in [3.05, 3.63) is 92.5 Å². The van der Waals surface area contributed by atoms with Crippen LogP contribution in [0.25, 0.3) is 6.08 Å². The number of amides is 1. The summed E-state index contributed by atoms with van der Waals surface area (Å²) in [5.74, 6) is -0.394. The molecule has 0 fully saturated rings. The van der Waals surface area contributed by atoms with Crippen LogP contribution < -0.4 is 14.2 Å². The molecule has 1 N–H and O–H groups in total. The molecule has 0 aliphatic carbocycles. The van der Waals surface area contributed by atoms with Crippen molar-refractivity contribution in [3.63, 3.8) is 0 Å². The van der Waals surface area contributed by atoms with Crippen molar-refractivity contribution in [2.45, 2.75) is 11.8 Å². The lowest BCUT2D eigenvalue weighted by molar-refractivity contribution is -0.385. The molecule has 0 spiro atoms. The molecular formula is C24H18BrN3O7S. The summed E-state index contributed by atoms with van der Waals surface area (Å²) in [6.45, 7) is 2.25. The van der Waals surface area contributed by atoms with Crippen molar-refractivity contribution < 1.29 is 27.1 Å². The maximum absolute atomic E-state index is 12.8. The fourth-order valence-corrected chi connectivity index (χ4v) is 4.33. The summed E-state index contributed by atoms with van der Waals surface area (Å²) in [7, 11) is -4.47. The van der Waals surface area contributed by atoms with Crippen LogP contribution >= 0.6 is 15.9 Å². The molecule has 0 saturated heterocycles. The first kappa shape index (κ1) is 26.4. The predicted octanol–water partition coefficient (Wildman–Crippen LogP) is 5.07. The van der Waals surface area contributed by atoms with E-state index in [0.717, 1.165) is 18.2 Å². The number of rotatable bonds is 9. The van der Waals surface area contributed by atoms with E-state index in [4.69, 9.17) is 8.92 Å². The highest BCUT2D eigenvalue weighted by atomic mass is 79.9. The van der Waals surface area contributed by atoms with Crippen LogP contribution in [0.4, 0.5) is 11.4 Å². The second kappa shape index (κ2) is 11.5. The highest BCUT2D eigenvalue weighted by Crippen LogP contribution is 2.29. The van der Waals surface area contributed by atoms with Crippen molar-refractivity contribution in [2.24, 2.45) is 0 Å². The lowest BCUT2D eigenvalue weighted by atomic mass is 10.1. The topological polar surface area (TPSA) is 149 Å². The molecule has 0 bridgehead atoms. The number of nitrogens with zero attached hydrogens (tertiary/aromatic N) is 2. The van der Waals surface area contributed by atoms with Gasteiger partial charge in [-0.2, -0.15) is 13.7 Å². The van der Waals surface area contributed by atoms with E-state index in [2.05, 4.69) is 21.2 Å². The fraction of sp³-hybridized carbons (Fsp3) is 0.0833. The SMILES string of the molecule is CCOc1cccc(NC(=O)/C(C#N)=C/c2cc(Br)ccc2OS(=O)(=O)c2cccc([N+](=O)[O-])c2)c1. The largest absolute Gasteiger partial charge is 0.494 e. The third-order valence-corrected chi connectivity index (χ3v) is 6.28. The minimum atomic E-state index is -4.47. The second-order valence-corrected chi connectivity index (χ2v) is 9.52. The van der Waals surface area contributed by atoms with E-state index in [0.29, 0.717) is 22.5 Å². The molecule has 184 valence electrons. The quantitative estimate of drug-likeness (QED) is 0.123. The normalized spacial score (nSPS) is 11.3. The van der Waals surface area contributed by atoms with Gasteiger partial charge in [0.25, 0.3) is 11.6 Å². The Morgan fingerprint density at radius 1 is 1.17 bits per heavy atom. The Hall–Kier alpha value is -4.21. The fourth-order valence-electron chi connectivity index (χ4n) is 2.96. The molecule has 12 heteroatoms. The third-order valence-electron chi connectivity index (χ3n) is 4.56. The second-order valence-electron chi connectivity index (χ2n) is 7.06. The molecule has 0 atom stereocenters. The van der Waals surface area contributed by atoms with Gasteiger partial charge in [0, 0.05) is 33.9 Å². The van der Waals surface area contributed by atoms with E-state index in [1.807, 2.05) is 6.92 Å². The minimum Gasteiger partial charge on any atom is -0.494 e. The lowest BCUT2D eigenvalue weighted by Crippen LogP contribution is -2.14. The monoisotopic (exact) mass is 571 g/mol. The van der Waals surface area contributed by atoms with Gasteiger partial charge in [-0.25, -0.2) is 0 Å². The highest BCUT2D eigenvalue weighted by Gasteiger charge is 2.22. The lowest BCUT2D eigenvalue weighted by Gasteiger charge is -2.11. The number of benzene rings is 3. The Bertz CT molecular complexity index is 1500. The number of nitrogens with one attached hydrogen (secondary N) is 1. The van der Waals surface area contributed by atoms with Gasteiger partial charge in [-0.1, -0.05) is 28.1 Å². The molecule has 0 aromatic heterocycles. The number of nitro benzene ring substituents is 1. The summed E-state index contributed by atoms with van der Waals surface area (Å²) in [5, 5.41) is 23.2. The van der Waals surface area contributed by atoms with E-state index in [1.54, 1.807) is 30.3 Å². The van der Waals surface area contributed by atoms with Gasteiger partial charge in [0.2, 0.25) is 0 Å². The van der Waals surface area contributed by atoms with Crippen LogP contribution in [-0.2, 0) is 14.9 Å². The number of nitriles is 1. The molecule has 10 nitrogen and oxygen atoms in total. The first-order valence-corrected chi connectivity index (χ1v) is 12.5. The molecule has 36 heavy (non-hydrogen) atoms. The number of non-ortho nitro benzene ring substituents is 1. The Balaban J connectivity index is 1.93. The number of carbonyl (C=O) groups is 1. The zero-order valence-corrected chi connectivity index (χ0v) is 21.1. The van der Waals surface area contributed by atoms with Crippen molar-refractivity contribution >= 4 is 49.4 Å². The van der Waals surface area contributed by atoms with Gasteiger partial charge in [-0.15, -0.1) is 0 Å². The molecule has 3 rings (SSSR count). The van der Waals surface area contributed by atoms with E-state index in [-0.39, 0.29) is 16.9 Å². The van der Waals surface area contributed by atoms with Gasteiger partial charge in [-0.05, 0) is 49.4 Å². The Labute approximate surface area is 215 Å². The van der Waals surface area contributed by atoms with Crippen LogP contribution in [0.15, 0.2) is 81.7 Å². The molecule has 0 aliphatic rings. The van der Waals surface area contributed by atoms with Crippen LogP contribution in [0.2, 0.25) is 0 Å². The van der Waals surface area contributed by atoms with E-state index < -0.39 is 31.5 Å². The van der Waals surface area contributed by atoms with Crippen molar-refractivity contribution in [2.75, 3.05) is 11.9 Å². The van der Waals surface area contributed by atoms with Crippen LogP contribution in [-0.4, -0.2) is 25.9 Å². The van der Waals surface area contributed by atoms with Crippen molar-refractivity contribution in [1.29, 1.82) is 5.26 Å². The summed E-state index contributed by atoms with van der Waals surface area (Å²) in [6.07, 6.45) is 1.17. The van der Waals surface area contributed by atoms with Crippen molar-refractivity contribution in [1.82, 2.24) is 0 Å². The van der Waals surface area contributed by atoms with Crippen LogP contribution in [0.3, 0.4) is 0 Å². The molecule has 0 radical (unpaired) electrons. The molecule has 0 aliphatic heterocycles. The molecular weight excluding hydrogens is 554 g/mol. The number of nitro groups is 1. The zero-order chi connectivity index (χ0) is 26.3. The van der Waals surface area contributed by atoms with Gasteiger partial charge in [0.1, 0.15) is 28.0 Å². The first-order chi connectivity index (χ1) is 17.1. The predicted molar refractivity (Wildman–Crippen MR) is 135 cm³/mol. The number of halogens is 1. The number of hydrogen-bond acceptors (Lipinski definition) is 8. The van der Waals surface area contributed by atoms with E-state index >= 15 is 0 Å². The maximum Gasteiger partial charge on any atom is 0.339 e. The molecule has 0 heterocycles. The summed E-state index contributed by atoms with van der Waals surface area (Å²) < 4.78 is 36.7. The number of ether oxygens (including phenoxy) is 1. The summed E-state index contributed by atoms with van der Waals surface area (Å²) in [6, 6.07) is 17.1. The molecule has 0 unspecified atom stereocenters. The summed E-state index contributed by atoms with van der Waals surface area (Å²) >= 11 is 3.27. The highest BCUT2D eigenvalue weighted by molar-refractivity contribution is 9.10. The summed E-state index contributed by atoms with van der Waals surface area (Å²) in [5.41, 5.74) is -0.251. The zero-order valence-electron chi connectivity index (χ0n) is 18.7. The molecule has 0 saturated carbocycles. The maximum atomic E-state index is 12.8. The van der Waals surface area contributed by atoms with Crippen molar-refractivity contribution in [3.8, 4) is 17.6 Å². The number of hydrogen-bond donors (Lipinski definition) is 1. The van der Waals surface area contributed by atoms with Gasteiger partial charge in [-0.3, -0.25) is 14.9 Å². The Kier molecular flexibility index (Phi) is 8.42. The smallest absolute Gasteiger partial charge is 0.339 e. The van der Waals surface area contributed by atoms with Gasteiger partial charge in [0.05, 0.1) is 11.5 Å². The first-order valence-electron chi connectivity index (χ1n) is 10.3. The Morgan fingerprint density at radius 3 is 2.61 bits per heavy atom. The minimum absolute atomic E-state index is 0.105. The number of anilines is 1. The number of carbonyl (C=O) groups excluding carboxylic acids is 1. The van der Waals surface area contributed by atoms with E-state index in [9.17, 15) is 28.6 Å². The average Bonchev–Trinajstić information content (AvgIpc) is 2.84. The van der Waals surface area contributed by atoms with Crippen LogP contribution in [0.5, 0.6) is 11.5 Å². The standard InChI is InChI=1S/C24H18BrN3O7S/c1-2-34-21-7-3-5-19(13-21)27-24(29)17(15-26)11-16-12-18(25)9-10-23(16)35-36(32,33)22-8-4-6-20(14-22)28(30)31/h3-14H,2H2,1H3,(H,27,29)/b17-11+. The van der Waals surface area contributed by atoms with Crippen LogP contribution in [0, 0.1) is 21.4 Å². The third kappa shape index (κ3) is 6.68. The summed E-state index contributed by atoms with van der Waals surface area (Å²) in [4.78, 5) is 22.6. The molecule has 1 amide bonds. The van der Waals surface area contributed by atoms with Crippen LogP contribution in [0.1, 0.15) is 12.5 Å². The molecule has 3 aromatic rings. The molecule has 3 aromatic carbocycles. The average molecular weight is 572 g/mol.